The molecule has 0 fully saturated rings. The van der Waals surface area contributed by atoms with Crippen LogP contribution in [0.3, 0.4) is 0 Å². The SMILES string of the molecule is COc1ccc(C(C#N)C[Si](C)(C)C)cc1. The van der Waals surface area contributed by atoms with Gasteiger partial charge in [-0.3, -0.25) is 0 Å². The van der Waals surface area contributed by atoms with Gasteiger partial charge in [0.05, 0.1) is 19.1 Å². The zero-order valence-corrected chi connectivity index (χ0v) is 11.4. The van der Waals surface area contributed by atoms with Crippen LogP contribution in [0.25, 0.3) is 0 Å². The summed E-state index contributed by atoms with van der Waals surface area (Å²) in [4.78, 5) is 0. The van der Waals surface area contributed by atoms with Crippen molar-refractivity contribution in [1.29, 1.82) is 5.26 Å². The maximum atomic E-state index is 9.21. The molecule has 0 N–H and O–H groups in total. The second-order valence-corrected chi connectivity index (χ2v) is 10.7. The van der Waals surface area contributed by atoms with Crippen LogP contribution >= 0.6 is 0 Å². The van der Waals surface area contributed by atoms with Crippen molar-refractivity contribution in [1.82, 2.24) is 0 Å². The van der Waals surface area contributed by atoms with Gasteiger partial charge in [0.25, 0.3) is 0 Å². The Balaban J connectivity index is 2.84. The van der Waals surface area contributed by atoms with Crippen LogP contribution in [0.4, 0.5) is 0 Å². The van der Waals surface area contributed by atoms with Crippen molar-refractivity contribution in [3.63, 3.8) is 0 Å². The summed E-state index contributed by atoms with van der Waals surface area (Å²) >= 11 is 0. The van der Waals surface area contributed by atoms with E-state index in [2.05, 4.69) is 25.7 Å². The predicted octanol–water partition coefficient (Wildman–Crippen LogP) is 3.64. The minimum atomic E-state index is -1.20. The third kappa shape index (κ3) is 3.71. The Bertz CT molecular complexity index is 372. The van der Waals surface area contributed by atoms with Gasteiger partial charge in [0, 0.05) is 8.07 Å². The van der Waals surface area contributed by atoms with Gasteiger partial charge >= 0.3 is 0 Å². The maximum absolute atomic E-state index is 9.21. The number of benzene rings is 1. The maximum Gasteiger partial charge on any atom is 0.118 e. The second-order valence-electron chi connectivity index (χ2n) is 5.22. The smallest absolute Gasteiger partial charge is 0.118 e. The van der Waals surface area contributed by atoms with Gasteiger partial charge in [0.2, 0.25) is 0 Å². The number of hydrogen-bond acceptors (Lipinski definition) is 2. The second kappa shape index (κ2) is 5.18. The number of methoxy groups -OCH3 is 1. The van der Waals surface area contributed by atoms with E-state index in [-0.39, 0.29) is 5.92 Å². The number of ether oxygens (including phenoxy) is 1. The summed E-state index contributed by atoms with van der Waals surface area (Å²) in [6, 6.07) is 11.2. The number of rotatable bonds is 4. The van der Waals surface area contributed by atoms with Crippen LogP contribution in [-0.2, 0) is 0 Å². The summed E-state index contributed by atoms with van der Waals surface area (Å²) in [5.74, 6) is 0.867. The Morgan fingerprint density at radius 1 is 1.25 bits per heavy atom. The van der Waals surface area contributed by atoms with E-state index in [9.17, 15) is 5.26 Å². The average molecular weight is 233 g/mol. The molecule has 0 aliphatic rings. The van der Waals surface area contributed by atoms with Crippen LogP contribution in [0.1, 0.15) is 11.5 Å². The van der Waals surface area contributed by atoms with Gasteiger partial charge in [-0.05, 0) is 23.7 Å². The Labute approximate surface area is 98.9 Å². The lowest BCUT2D eigenvalue weighted by molar-refractivity contribution is 0.414. The van der Waals surface area contributed by atoms with Gasteiger partial charge in [-0.2, -0.15) is 5.26 Å². The zero-order chi connectivity index (χ0) is 12.2. The fourth-order valence-corrected chi connectivity index (χ4v) is 3.24. The molecule has 86 valence electrons. The molecule has 0 aliphatic heterocycles. The highest BCUT2D eigenvalue weighted by Crippen LogP contribution is 2.27. The van der Waals surface area contributed by atoms with Crippen molar-refractivity contribution in [2.24, 2.45) is 0 Å². The van der Waals surface area contributed by atoms with Gasteiger partial charge < -0.3 is 4.74 Å². The first-order valence-electron chi connectivity index (χ1n) is 5.50. The third-order valence-corrected chi connectivity index (χ3v) is 4.12. The molecule has 0 aromatic heterocycles. The first-order chi connectivity index (χ1) is 7.46. The largest absolute Gasteiger partial charge is 0.497 e. The summed E-state index contributed by atoms with van der Waals surface area (Å²) in [6.07, 6.45) is 0. The minimum Gasteiger partial charge on any atom is -0.497 e. The van der Waals surface area contributed by atoms with Crippen molar-refractivity contribution < 1.29 is 4.74 Å². The van der Waals surface area contributed by atoms with Crippen LogP contribution in [0.15, 0.2) is 24.3 Å². The fraction of sp³-hybridized carbons (Fsp3) is 0.462. The van der Waals surface area contributed by atoms with E-state index in [0.717, 1.165) is 17.4 Å². The average Bonchev–Trinajstić information content (AvgIpc) is 2.25. The highest BCUT2D eigenvalue weighted by atomic mass is 28.3. The lowest BCUT2D eigenvalue weighted by Gasteiger charge is -2.19. The van der Waals surface area contributed by atoms with Crippen LogP contribution in [0.5, 0.6) is 5.75 Å². The topological polar surface area (TPSA) is 33.0 Å². The first-order valence-corrected chi connectivity index (χ1v) is 9.20. The van der Waals surface area contributed by atoms with E-state index in [1.165, 1.54) is 0 Å². The molecule has 2 nitrogen and oxygen atoms in total. The van der Waals surface area contributed by atoms with Crippen molar-refractivity contribution in [2.75, 3.05) is 7.11 Å². The van der Waals surface area contributed by atoms with Crippen LogP contribution in [0.2, 0.25) is 25.7 Å². The predicted molar refractivity (Wildman–Crippen MR) is 69.5 cm³/mol. The summed E-state index contributed by atoms with van der Waals surface area (Å²) in [6.45, 7) is 6.88. The van der Waals surface area contributed by atoms with E-state index in [4.69, 9.17) is 4.74 Å². The molecule has 0 saturated heterocycles. The zero-order valence-electron chi connectivity index (χ0n) is 10.4. The third-order valence-electron chi connectivity index (χ3n) is 2.49. The minimum absolute atomic E-state index is 0.0255. The van der Waals surface area contributed by atoms with E-state index >= 15 is 0 Å². The summed E-state index contributed by atoms with van der Waals surface area (Å²) < 4.78 is 5.11. The van der Waals surface area contributed by atoms with Gasteiger partial charge in [0.1, 0.15) is 5.75 Å². The molecule has 0 aliphatic carbocycles. The number of hydrogen-bond donors (Lipinski definition) is 0. The standard InChI is InChI=1S/C13H19NOSi/c1-15-13-7-5-11(6-8-13)12(9-14)10-16(2,3)4/h5-8,12H,10H2,1-4H3. The van der Waals surface area contributed by atoms with Gasteiger partial charge in [0.15, 0.2) is 0 Å². The Morgan fingerprint density at radius 3 is 2.19 bits per heavy atom. The monoisotopic (exact) mass is 233 g/mol. The molecule has 1 atom stereocenters. The molecular weight excluding hydrogens is 214 g/mol. The van der Waals surface area contributed by atoms with Crippen LogP contribution in [0, 0.1) is 11.3 Å². The molecule has 0 heterocycles. The Hall–Kier alpha value is -1.27. The molecule has 1 aromatic rings. The van der Waals surface area contributed by atoms with Crippen molar-refractivity contribution >= 4 is 8.07 Å². The molecule has 3 heteroatoms. The van der Waals surface area contributed by atoms with E-state index in [0.29, 0.717) is 0 Å². The lowest BCUT2D eigenvalue weighted by atomic mass is 10.0. The molecule has 1 rings (SSSR count). The molecule has 1 unspecified atom stereocenters. The van der Waals surface area contributed by atoms with Crippen LogP contribution in [-0.4, -0.2) is 15.2 Å². The van der Waals surface area contributed by atoms with Crippen molar-refractivity contribution in [2.45, 2.75) is 31.6 Å². The van der Waals surface area contributed by atoms with E-state index in [1.54, 1.807) is 7.11 Å². The molecule has 16 heavy (non-hydrogen) atoms. The van der Waals surface area contributed by atoms with E-state index in [1.807, 2.05) is 24.3 Å². The van der Waals surface area contributed by atoms with Crippen molar-refractivity contribution in [3.05, 3.63) is 29.8 Å². The number of nitrogens with zero attached hydrogens (tertiary/aromatic N) is 1. The Kier molecular flexibility index (Phi) is 4.14. The molecular formula is C13H19NOSi. The molecule has 0 amide bonds. The van der Waals surface area contributed by atoms with Gasteiger partial charge in [-0.1, -0.05) is 31.8 Å². The fourth-order valence-electron chi connectivity index (χ4n) is 1.69. The van der Waals surface area contributed by atoms with E-state index < -0.39 is 8.07 Å². The first kappa shape index (κ1) is 12.8. The number of nitriles is 1. The highest BCUT2D eigenvalue weighted by Gasteiger charge is 2.21. The molecule has 0 spiro atoms. The quantitative estimate of drug-likeness (QED) is 0.744. The molecule has 0 bridgehead atoms. The molecule has 0 saturated carbocycles. The lowest BCUT2D eigenvalue weighted by Crippen LogP contribution is -2.22. The van der Waals surface area contributed by atoms with Crippen molar-refractivity contribution in [3.8, 4) is 11.8 Å². The highest BCUT2D eigenvalue weighted by molar-refractivity contribution is 6.76. The summed E-state index contributed by atoms with van der Waals surface area (Å²) in [5.41, 5.74) is 1.10. The molecule has 1 aromatic carbocycles. The summed E-state index contributed by atoms with van der Waals surface area (Å²) in [7, 11) is 0.452. The van der Waals surface area contributed by atoms with Crippen LogP contribution < -0.4 is 4.74 Å². The van der Waals surface area contributed by atoms with Gasteiger partial charge in [-0.25, -0.2) is 0 Å². The summed E-state index contributed by atoms with van der Waals surface area (Å²) in [5, 5.41) is 9.21. The normalized spacial score (nSPS) is 12.9. The molecule has 0 radical (unpaired) electrons. The Morgan fingerprint density at radius 2 is 1.81 bits per heavy atom. The van der Waals surface area contributed by atoms with Gasteiger partial charge in [-0.15, -0.1) is 0 Å².